The number of nitrogens with zero attached hydrogens (tertiary/aromatic N) is 3. The lowest BCUT2D eigenvalue weighted by Crippen LogP contribution is -2.29. The van der Waals surface area contributed by atoms with Crippen LogP contribution in [0.1, 0.15) is 56.6 Å². The van der Waals surface area contributed by atoms with Crippen molar-refractivity contribution in [2.24, 2.45) is 0 Å². The second-order valence-electron chi connectivity index (χ2n) is 7.76. The number of urea groups is 1. The summed E-state index contributed by atoms with van der Waals surface area (Å²) in [5.74, 6) is 0.280. The fourth-order valence-electron chi connectivity index (χ4n) is 3.51. The highest BCUT2D eigenvalue weighted by atomic mass is 19.1. The standard InChI is InChI=1S/C24H30FN5O/c1-5-7-8-9-10-26-24(31)29-21-13-18(15(3)11-20(21)25)19-12-17-14-27-22(6-2)30-23(17)28-16(19)4/h11-14H,5-10H2,1-4H3,(H2,26,29,31). The molecule has 0 bridgehead atoms. The fraction of sp³-hybridized carbons (Fsp3) is 0.417. The maximum absolute atomic E-state index is 14.6. The summed E-state index contributed by atoms with van der Waals surface area (Å²) >= 11 is 0. The van der Waals surface area contributed by atoms with Gasteiger partial charge in [-0.25, -0.2) is 24.1 Å². The number of carbonyl (C=O) groups excluding carboxylic acids is 1. The molecule has 0 saturated carbocycles. The van der Waals surface area contributed by atoms with Crippen LogP contribution in [0.4, 0.5) is 14.9 Å². The number of anilines is 1. The summed E-state index contributed by atoms with van der Waals surface area (Å²) < 4.78 is 14.6. The lowest BCUT2D eigenvalue weighted by molar-refractivity contribution is 0.251. The van der Waals surface area contributed by atoms with Crippen LogP contribution in [0.2, 0.25) is 0 Å². The number of hydrogen-bond donors (Lipinski definition) is 2. The third kappa shape index (κ3) is 5.54. The van der Waals surface area contributed by atoms with Gasteiger partial charge in [-0.15, -0.1) is 0 Å². The van der Waals surface area contributed by atoms with E-state index in [-0.39, 0.29) is 5.69 Å². The predicted molar refractivity (Wildman–Crippen MR) is 123 cm³/mol. The van der Waals surface area contributed by atoms with Crippen molar-refractivity contribution in [1.29, 1.82) is 0 Å². The molecule has 2 amide bonds. The van der Waals surface area contributed by atoms with Crippen molar-refractivity contribution in [3.63, 3.8) is 0 Å². The number of pyridine rings is 1. The number of rotatable bonds is 8. The van der Waals surface area contributed by atoms with E-state index in [1.165, 1.54) is 6.07 Å². The second-order valence-corrected chi connectivity index (χ2v) is 7.76. The summed E-state index contributed by atoms with van der Waals surface area (Å²) in [4.78, 5) is 25.7. The van der Waals surface area contributed by atoms with Crippen LogP contribution >= 0.6 is 0 Å². The third-order valence-electron chi connectivity index (χ3n) is 5.29. The number of aromatic nitrogens is 3. The molecule has 0 unspecified atom stereocenters. The van der Waals surface area contributed by atoms with Crippen LogP contribution in [0.15, 0.2) is 24.4 Å². The average Bonchev–Trinajstić information content (AvgIpc) is 2.75. The van der Waals surface area contributed by atoms with Gasteiger partial charge in [0.25, 0.3) is 0 Å². The average molecular weight is 424 g/mol. The van der Waals surface area contributed by atoms with Crippen LogP contribution in [0, 0.1) is 19.7 Å². The van der Waals surface area contributed by atoms with Crippen LogP contribution in [0.5, 0.6) is 0 Å². The molecule has 7 heteroatoms. The Hall–Kier alpha value is -3.09. The van der Waals surface area contributed by atoms with Gasteiger partial charge in [0.15, 0.2) is 5.65 Å². The molecule has 2 N–H and O–H groups in total. The molecule has 31 heavy (non-hydrogen) atoms. The quantitative estimate of drug-likeness (QED) is 0.455. The molecule has 6 nitrogen and oxygen atoms in total. The molecule has 0 aliphatic heterocycles. The lowest BCUT2D eigenvalue weighted by Gasteiger charge is -2.14. The Balaban J connectivity index is 1.85. The first-order chi connectivity index (χ1) is 14.9. The van der Waals surface area contributed by atoms with E-state index < -0.39 is 11.8 Å². The number of amides is 2. The highest BCUT2D eigenvalue weighted by Gasteiger charge is 2.15. The zero-order valence-electron chi connectivity index (χ0n) is 18.7. The molecule has 2 heterocycles. The van der Waals surface area contributed by atoms with E-state index >= 15 is 0 Å². The van der Waals surface area contributed by atoms with Crippen molar-refractivity contribution in [3.8, 4) is 11.1 Å². The monoisotopic (exact) mass is 423 g/mol. The first kappa shape index (κ1) is 22.6. The van der Waals surface area contributed by atoms with Crippen molar-refractivity contribution < 1.29 is 9.18 Å². The first-order valence-electron chi connectivity index (χ1n) is 10.9. The van der Waals surface area contributed by atoms with Crippen LogP contribution < -0.4 is 10.6 Å². The zero-order chi connectivity index (χ0) is 22.4. The van der Waals surface area contributed by atoms with Gasteiger partial charge in [-0.05, 0) is 49.6 Å². The summed E-state index contributed by atoms with van der Waals surface area (Å²) in [6.45, 7) is 8.46. The molecule has 0 saturated heterocycles. The van der Waals surface area contributed by atoms with E-state index in [9.17, 15) is 9.18 Å². The van der Waals surface area contributed by atoms with Crippen molar-refractivity contribution in [3.05, 3.63) is 47.3 Å². The molecule has 1 aromatic carbocycles. The van der Waals surface area contributed by atoms with Gasteiger partial charge in [0.1, 0.15) is 11.6 Å². The number of carbonyl (C=O) groups is 1. The van der Waals surface area contributed by atoms with E-state index in [0.717, 1.165) is 65.7 Å². The van der Waals surface area contributed by atoms with Crippen molar-refractivity contribution >= 4 is 22.8 Å². The highest BCUT2D eigenvalue weighted by molar-refractivity contribution is 5.91. The molecule has 0 radical (unpaired) electrons. The first-order valence-corrected chi connectivity index (χ1v) is 10.9. The summed E-state index contributed by atoms with van der Waals surface area (Å²) in [5, 5.41) is 6.25. The van der Waals surface area contributed by atoms with Gasteiger partial charge in [0.2, 0.25) is 0 Å². The van der Waals surface area contributed by atoms with Crippen molar-refractivity contribution in [2.75, 3.05) is 11.9 Å². The van der Waals surface area contributed by atoms with Gasteiger partial charge >= 0.3 is 6.03 Å². The van der Waals surface area contributed by atoms with Gasteiger partial charge in [-0.1, -0.05) is 33.1 Å². The van der Waals surface area contributed by atoms with E-state index in [1.54, 1.807) is 12.3 Å². The van der Waals surface area contributed by atoms with Gasteiger partial charge in [-0.2, -0.15) is 0 Å². The minimum absolute atomic E-state index is 0.142. The van der Waals surface area contributed by atoms with E-state index in [4.69, 9.17) is 0 Å². The number of benzene rings is 1. The molecule has 0 aliphatic rings. The predicted octanol–water partition coefficient (Wildman–Crippen LogP) is 5.71. The Kier molecular flexibility index (Phi) is 7.50. The molecule has 0 spiro atoms. The highest BCUT2D eigenvalue weighted by Crippen LogP contribution is 2.32. The topological polar surface area (TPSA) is 79.8 Å². The third-order valence-corrected chi connectivity index (χ3v) is 5.29. The number of nitrogens with one attached hydrogen (secondary N) is 2. The van der Waals surface area contributed by atoms with E-state index in [2.05, 4.69) is 32.5 Å². The minimum atomic E-state index is -0.468. The second kappa shape index (κ2) is 10.3. The van der Waals surface area contributed by atoms with Gasteiger partial charge in [0.05, 0.1) is 5.69 Å². The van der Waals surface area contributed by atoms with E-state index in [1.807, 2.05) is 26.8 Å². The molecule has 2 aromatic heterocycles. The largest absolute Gasteiger partial charge is 0.338 e. The maximum Gasteiger partial charge on any atom is 0.319 e. The van der Waals surface area contributed by atoms with Crippen LogP contribution in [0.25, 0.3) is 22.2 Å². The molecule has 164 valence electrons. The van der Waals surface area contributed by atoms with Crippen molar-refractivity contribution in [2.45, 2.75) is 59.8 Å². The normalized spacial score (nSPS) is 11.0. The Morgan fingerprint density at radius 2 is 1.84 bits per heavy atom. The summed E-state index contributed by atoms with van der Waals surface area (Å²) in [7, 11) is 0. The smallest absolute Gasteiger partial charge is 0.319 e. The van der Waals surface area contributed by atoms with E-state index in [0.29, 0.717) is 12.2 Å². The van der Waals surface area contributed by atoms with Crippen LogP contribution in [-0.2, 0) is 6.42 Å². The fourth-order valence-corrected chi connectivity index (χ4v) is 3.51. The number of fused-ring (bicyclic) bond motifs is 1. The number of aryl methyl sites for hydroxylation is 3. The zero-order valence-corrected chi connectivity index (χ0v) is 18.7. The molecular weight excluding hydrogens is 393 g/mol. The molecule has 0 atom stereocenters. The Morgan fingerprint density at radius 3 is 2.58 bits per heavy atom. The molecule has 3 aromatic rings. The lowest BCUT2D eigenvalue weighted by atomic mass is 9.97. The Morgan fingerprint density at radius 1 is 1.03 bits per heavy atom. The molecule has 3 rings (SSSR count). The number of hydrogen-bond acceptors (Lipinski definition) is 4. The van der Waals surface area contributed by atoms with Gasteiger partial charge in [-0.3, -0.25) is 0 Å². The van der Waals surface area contributed by atoms with Gasteiger partial charge < -0.3 is 10.6 Å². The SMILES string of the molecule is CCCCCCNC(=O)Nc1cc(-c2cc3cnc(CC)nc3nc2C)c(C)cc1F. The Labute approximate surface area is 182 Å². The van der Waals surface area contributed by atoms with Gasteiger partial charge in [0, 0.05) is 35.8 Å². The summed E-state index contributed by atoms with van der Waals surface area (Å²) in [6, 6.07) is 4.67. The number of halogens is 1. The number of unbranched alkanes of at least 4 members (excludes halogenated alkanes) is 3. The molecule has 0 fully saturated rings. The molecular formula is C24H30FN5O. The van der Waals surface area contributed by atoms with Crippen molar-refractivity contribution in [1.82, 2.24) is 20.3 Å². The molecule has 0 aliphatic carbocycles. The minimum Gasteiger partial charge on any atom is -0.338 e. The maximum atomic E-state index is 14.6. The summed E-state index contributed by atoms with van der Waals surface area (Å²) in [5.41, 5.74) is 4.01. The summed E-state index contributed by atoms with van der Waals surface area (Å²) in [6.07, 6.45) is 6.76. The van der Waals surface area contributed by atoms with Crippen LogP contribution in [-0.4, -0.2) is 27.5 Å². The van der Waals surface area contributed by atoms with Crippen LogP contribution in [0.3, 0.4) is 0 Å². The Bertz CT molecular complexity index is 1080.